The van der Waals surface area contributed by atoms with Crippen LogP contribution in [-0.2, 0) is 5.54 Å². The highest BCUT2D eigenvalue weighted by Crippen LogP contribution is 2.39. The molecule has 2 fully saturated rings. The summed E-state index contributed by atoms with van der Waals surface area (Å²) in [5, 5.41) is 3.90. The van der Waals surface area contributed by atoms with Crippen LogP contribution in [-0.4, -0.2) is 34.7 Å². The molecule has 1 aromatic rings. The lowest BCUT2D eigenvalue weighted by Gasteiger charge is -2.37. The molecule has 5 heteroatoms. The Morgan fingerprint density at radius 1 is 1.57 bits per heavy atom. The van der Waals surface area contributed by atoms with Crippen LogP contribution < -0.4 is 5.73 Å². The van der Waals surface area contributed by atoms with Crippen LogP contribution >= 0.6 is 0 Å². The van der Waals surface area contributed by atoms with Crippen molar-refractivity contribution in [2.75, 3.05) is 19.6 Å². The SMILES string of the molecule is NC1(c2ncon2)CCN2CCC1C2. The maximum atomic E-state index is 6.39. The van der Waals surface area contributed by atoms with Crippen LogP contribution in [0, 0.1) is 5.92 Å². The van der Waals surface area contributed by atoms with Gasteiger partial charge in [-0.3, -0.25) is 0 Å². The number of aromatic nitrogens is 2. The summed E-state index contributed by atoms with van der Waals surface area (Å²) in [6.45, 7) is 3.31. The quantitative estimate of drug-likeness (QED) is 0.678. The average Bonchev–Trinajstić information content (AvgIpc) is 2.84. The molecule has 0 spiro atoms. The molecule has 2 bridgehead atoms. The van der Waals surface area contributed by atoms with Gasteiger partial charge in [-0.25, -0.2) is 0 Å². The van der Waals surface area contributed by atoms with Crippen LogP contribution in [0.4, 0.5) is 0 Å². The maximum absolute atomic E-state index is 6.39. The second kappa shape index (κ2) is 2.77. The Kier molecular flexibility index (Phi) is 1.66. The molecule has 3 atom stereocenters. The first-order valence-electron chi connectivity index (χ1n) is 5.07. The lowest BCUT2D eigenvalue weighted by atomic mass is 9.79. The van der Waals surface area contributed by atoms with Crippen LogP contribution in [0.1, 0.15) is 18.7 Å². The predicted octanol–water partition coefficient (Wildman–Crippen LogP) is -0.0508. The third-order valence-electron chi connectivity index (χ3n) is 3.62. The van der Waals surface area contributed by atoms with Crippen molar-refractivity contribution in [3.05, 3.63) is 12.2 Å². The Morgan fingerprint density at radius 3 is 3.29 bits per heavy atom. The Bertz CT molecular complexity index is 326. The first kappa shape index (κ1) is 8.38. The third-order valence-corrected chi connectivity index (χ3v) is 3.62. The fourth-order valence-electron chi connectivity index (χ4n) is 2.67. The Morgan fingerprint density at radius 2 is 2.50 bits per heavy atom. The van der Waals surface area contributed by atoms with Crippen LogP contribution in [0.25, 0.3) is 0 Å². The molecule has 0 saturated carbocycles. The monoisotopic (exact) mass is 194 g/mol. The zero-order valence-corrected chi connectivity index (χ0v) is 8.02. The summed E-state index contributed by atoms with van der Waals surface area (Å²) in [6.07, 6.45) is 3.47. The lowest BCUT2D eigenvalue weighted by molar-refractivity contribution is 0.157. The van der Waals surface area contributed by atoms with Crippen molar-refractivity contribution in [1.29, 1.82) is 0 Å². The minimum atomic E-state index is -0.347. The van der Waals surface area contributed by atoms with E-state index in [1.807, 2.05) is 0 Å². The van der Waals surface area contributed by atoms with Gasteiger partial charge in [0.25, 0.3) is 0 Å². The molecule has 14 heavy (non-hydrogen) atoms. The number of fused-ring (bicyclic) bond motifs is 2. The van der Waals surface area contributed by atoms with Gasteiger partial charge in [0.15, 0.2) is 5.82 Å². The van der Waals surface area contributed by atoms with E-state index in [0.717, 1.165) is 25.9 Å². The summed E-state index contributed by atoms with van der Waals surface area (Å²) in [4.78, 5) is 6.56. The van der Waals surface area contributed by atoms with E-state index in [1.165, 1.54) is 12.9 Å². The van der Waals surface area contributed by atoms with Crippen LogP contribution in [0.2, 0.25) is 0 Å². The molecule has 3 unspecified atom stereocenters. The normalized spacial score (nSPS) is 41.5. The van der Waals surface area contributed by atoms with Crippen molar-refractivity contribution in [2.24, 2.45) is 11.7 Å². The predicted molar refractivity (Wildman–Crippen MR) is 49.3 cm³/mol. The van der Waals surface area contributed by atoms with Gasteiger partial charge in [0.1, 0.15) is 0 Å². The maximum Gasteiger partial charge on any atom is 0.213 e. The van der Waals surface area contributed by atoms with Crippen molar-refractivity contribution in [3.8, 4) is 0 Å². The molecule has 0 aliphatic carbocycles. The zero-order valence-electron chi connectivity index (χ0n) is 8.02. The number of nitrogens with zero attached hydrogens (tertiary/aromatic N) is 3. The molecule has 3 heterocycles. The lowest BCUT2D eigenvalue weighted by Crippen LogP contribution is -2.51. The minimum absolute atomic E-state index is 0.347. The van der Waals surface area contributed by atoms with E-state index in [-0.39, 0.29) is 5.54 Å². The smallest absolute Gasteiger partial charge is 0.213 e. The minimum Gasteiger partial charge on any atom is -0.343 e. The fourth-order valence-corrected chi connectivity index (χ4v) is 2.67. The zero-order chi connectivity index (χ0) is 9.60. The molecule has 1 aromatic heterocycles. The summed E-state index contributed by atoms with van der Waals surface area (Å²) in [6, 6.07) is 0. The van der Waals surface area contributed by atoms with Crippen molar-refractivity contribution >= 4 is 0 Å². The van der Waals surface area contributed by atoms with Crippen LogP contribution in [0.15, 0.2) is 10.9 Å². The average molecular weight is 194 g/mol. The Labute approximate surface area is 82.3 Å². The van der Waals surface area contributed by atoms with Gasteiger partial charge in [0.05, 0.1) is 5.54 Å². The van der Waals surface area contributed by atoms with Gasteiger partial charge in [-0.1, -0.05) is 5.16 Å². The standard InChI is InChI=1S/C9H14N4O/c10-9(8-11-6-14-12-8)2-4-13-3-1-7(9)5-13/h6-7H,1-5,10H2. The van der Waals surface area contributed by atoms with Gasteiger partial charge < -0.3 is 15.2 Å². The first-order chi connectivity index (χ1) is 6.79. The van der Waals surface area contributed by atoms with E-state index in [4.69, 9.17) is 10.3 Å². The third kappa shape index (κ3) is 1.02. The highest BCUT2D eigenvalue weighted by Gasteiger charge is 2.47. The van der Waals surface area contributed by atoms with E-state index in [0.29, 0.717) is 11.7 Å². The van der Waals surface area contributed by atoms with Crippen molar-refractivity contribution in [1.82, 2.24) is 15.0 Å². The summed E-state index contributed by atoms with van der Waals surface area (Å²) < 4.78 is 4.78. The number of rotatable bonds is 1. The van der Waals surface area contributed by atoms with Gasteiger partial charge >= 0.3 is 0 Å². The molecule has 2 aliphatic rings. The molecule has 76 valence electrons. The topological polar surface area (TPSA) is 68.2 Å². The van der Waals surface area contributed by atoms with Gasteiger partial charge in [0, 0.05) is 13.1 Å². The van der Waals surface area contributed by atoms with E-state index in [1.54, 1.807) is 0 Å². The second-order valence-corrected chi connectivity index (χ2v) is 4.33. The second-order valence-electron chi connectivity index (χ2n) is 4.33. The highest BCUT2D eigenvalue weighted by atomic mass is 16.5. The molecule has 2 aliphatic heterocycles. The molecule has 5 nitrogen and oxygen atoms in total. The first-order valence-corrected chi connectivity index (χ1v) is 5.07. The number of piperidine rings is 1. The molecule has 2 N–H and O–H groups in total. The number of hydrogen-bond donors (Lipinski definition) is 1. The largest absolute Gasteiger partial charge is 0.343 e. The van der Waals surface area contributed by atoms with Crippen LogP contribution in [0.3, 0.4) is 0 Å². The van der Waals surface area contributed by atoms with E-state index in [2.05, 4.69) is 15.0 Å². The molecule has 0 aromatic carbocycles. The summed E-state index contributed by atoms with van der Waals surface area (Å²) in [5.74, 6) is 1.18. The summed E-state index contributed by atoms with van der Waals surface area (Å²) in [5.41, 5.74) is 6.05. The van der Waals surface area contributed by atoms with Crippen molar-refractivity contribution < 1.29 is 4.52 Å². The van der Waals surface area contributed by atoms with Crippen molar-refractivity contribution in [3.63, 3.8) is 0 Å². The van der Waals surface area contributed by atoms with E-state index >= 15 is 0 Å². The van der Waals surface area contributed by atoms with Crippen molar-refractivity contribution in [2.45, 2.75) is 18.4 Å². The molecule has 3 rings (SSSR count). The highest BCUT2D eigenvalue weighted by molar-refractivity contribution is 5.10. The van der Waals surface area contributed by atoms with Crippen LogP contribution in [0.5, 0.6) is 0 Å². The number of hydrogen-bond acceptors (Lipinski definition) is 5. The number of nitrogens with two attached hydrogens (primary N) is 1. The van der Waals surface area contributed by atoms with Gasteiger partial charge in [-0.15, -0.1) is 0 Å². The van der Waals surface area contributed by atoms with E-state index in [9.17, 15) is 0 Å². The Balaban J connectivity index is 1.95. The molecule has 0 amide bonds. The molecule has 0 radical (unpaired) electrons. The van der Waals surface area contributed by atoms with Gasteiger partial charge in [0.2, 0.25) is 6.39 Å². The van der Waals surface area contributed by atoms with Gasteiger partial charge in [-0.05, 0) is 25.3 Å². The molecular weight excluding hydrogens is 180 g/mol. The van der Waals surface area contributed by atoms with Gasteiger partial charge in [-0.2, -0.15) is 4.98 Å². The fraction of sp³-hybridized carbons (Fsp3) is 0.778. The van der Waals surface area contributed by atoms with E-state index < -0.39 is 0 Å². The Hall–Kier alpha value is -0.940. The molecular formula is C9H14N4O. The molecule has 2 saturated heterocycles. The summed E-state index contributed by atoms with van der Waals surface area (Å²) in [7, 11) is 0. The summed E-state index contributed by atoms with van der Waals surface area (Å²) >= 11 is 0.